The van der Waals surface area contributed by atoms with E-state index in [-0.39, 0.29) is 25.2 Å². The van der Waals surface area contributed by atoms with Crippen molar-refractivity contribution in [2.75, 3.05) is 26.6 Å². The van der Waals surface area contributed by atoms with Gasteiger partial charge >= 0.3 is 5.97 Å². The zero-order valence-corrected chi connectivity index (χ0v) is 16.5. The third-order valence-electron chi connectivity index (χ3n) is 5.97. The standard InChI is InChI=1S/C23H22O7/c24-17(15-3-5-19-20(11-15)30-14-29-19)13-28-22(25)23(7-1-2-8-23)16-4-6-18-21(12-16)27-10-9-26-18/h3-6,11-12H,1-2,7-10,13-14H2. The van der Waals surface area contributed by atoms with Crippen LogP contribution in [0.3, 0.4) is 0 Å². The van der Waals surface area contributed by atoms with Crippen LogP contribution in [0.25, 0.3) is 0 Å². The Morgan fingerprint density at radius 3 is 2.33 bits per heavy atom. The molecule has 7 nitrogen and oxygen atoms in total. The fourth-order valence-electron chi connectivity index (χ4n) is 4.35. The summed E-state index contributed by atoms with van der Waals surface area (Å²) in [6.07, 6.45) is 3.23. The van der Waals surface area contributed by atoms with Gasteiger partial charge in [-0.15, -0.1) is 0 Å². The van der Waals surface area contributed by atoms with Gasteiger partial charge in [0.25, 0.3) is 0 Å². The quantitative estimate of drug-likeness (QED) is 0.552. The van der Waals surface area contributed by atoms with Crippen LogP contribution in [0.15, 0.2) is 36.4 Å². The first-order chi connectivity index (χ1) is 14.7. The molecule has 0 bridgehead atoms. The maximum Gasteiger partial charge on any atom is 0.317 e. The van der Waals surface area contributed by atoms with Gasteiger partial charge < -0.3 is 23.7 Å². The van der Waals surface area contributed by atoms with Gasteiger partial charge in [-0.3, -0.25) is 9.59 Å². The Morgan fingerprint density at radius 2 is 1.50 bits per heavy atom. The number of benzene rings is 2. The molecular weight excluding hydrogens is 388 g/mol. The lowest BCUT2D eigenvalue weighted by Gasteiger charge is -2.28. The molecule has 0 aromatic heterocycles. The predicted octanol–water partition coefficient (Wildman–Crippen LogP) is 3.42. The number of fused-ring (bicyclic) bond motifs is 2. The van der Waals surface area contributed by atoms with Crippen molar-refractivity contribution in [1.29, 1.82) is 0 Å². The highest BCUT2D eigenvalue weighted by atomic mass is 16.7. The van der Waals surface area contributed by atoms with Gasteiger partial charge in [0.05, 0.1) is 5.41 Å². The van der Waals surface area contributed by atoms with Crippen LogP contribution in [0.5, 0.6) is 23.0 Å². The van der Waals surface area contributed by atoms with E-state index in [1.807, 2.05) is 18.2 Å². The minimum Gasteiger partial charge on any atom is -0.486 e. The monoisotopic (exact) mass is 410 g/mol. The number of hydrogen-bond acceptors (Lipinski definition) is 7. The number of rotatable bonds is 5. The predicted molar refractivity (Wildman–Crippen MR) is 105 cm³/mol. The molecule has 5 rings (SSSR count). The zero-order chi connectivity index (χ0) is 20.6. The Labute approximate surface area is 173 Å². The van der Waals surface area contributed by atoms with E-state index >= 15 is 0 Å². The van der Waals surface area contributed by atoms with E-state index in [1.165, 1.54) is 0 Å². The smallest absolute Gasteiger partial charge is 0.317 e. The highest BCUT2D eigenvalue weighted by Gasteiger charge is 2.45. The Bertz CT molecular complexity index is 991. The van der Waals surface area contributed by atoms with Gasteiger partial charge in [-0.1, -0.05) is 18.9 Å². The number of Topliss-reactive ketones (excluding diaryl/α,β-unsaturated/α-hetero) is 1. The number of carbonyl (C=O) groups excluding carboxylic acids is 2. The molecule has 3 aliphatic rings. The normalized spacial score (nSPS) is 18.1. The molecule has 2 heterocycles. The van der Waals surface area contributed by atoms with Gasteiger partial charge in [-0.2, -0.15) is 0 Å². The molecule has 2 aliphatic heterocycles. The Morgan fingerprint density at radius 1 is 0.833 bits per heavy atom. The van der Waals surface area contributed by atoms with Crippen molar-refractivity contribution in [2.24, 2.45) is 0 Å². The maximum absolute atomic E-state index is 13.2. The van der Waals surface area contributed by atoms with Crippen LogP contribution in [-0.4, -0.2) is 38.4 Å². The molecule has 0 spiro atoms. The second kappa shape index (κ2) is 7.55. The molecule has 0 radical (unpaired) electrons. The van der Waals surface area contributed by atoms with Crippen molar-refractivity contribution in [3.63, 3.8) is 0 Å². The summed E-state index contributed by atoms with van der Waals surface area (Å²) in [7, 11) is 0. The van der Waals surface area contributed by atoms with Crippen LogP contribution >= 0.6 is 0 Å². The molecule has 1 saturated carbocycles. The summed E-state index contributed by atoms with van der Waals surface area (Å²) in [5, 5.41) is 0. The third kappa shape index (κ3) is 3.24. The van der Waals surface area contributed by atoms with Gasteiger partial charge in [-0.05, 0) is 48.7 Å². The van der Waals surface area contributed by atoms with Crippen molar-refractivity contribution in [3.05, 3.63) is 47.5 Å². The van der Waals surface area contributed by atoms with Gasteiger partial charge in [-0.25, -0.2) is 0 Å². The molecule has 1 aliphatic carbocycles. The Balaban J connectivity index is 1.32. The lowest BCUT2D eigenvalue weighted by molar-refractivity contribution is -0.149. The number of hydrogen-bond donors (Lipinski definition) is 0. The van der Waals surface area contributed by atoms with Crippen molar-refractivity contribution in [1.82, 2.24) is 0 Å². The van der Waals surface area contributed by atoms with Gasteiger partial charge in [0.15, 0.2) is 35.4 Å². The summed E-state index contributed by atoms with van der Waals surface area (Å²) in [6.45, 7) is 0.824. The molecule has 0 unspecified atom stereocenters. The van der Waals surface area contributed by atoms with E-state index in [0.29, 0.717) is 54.6 Å². The Kier molecular flexibility index (Phi) is 4.73. The van der Waals surface area contributed by atoms with Crippen molar-refractivity contribution < 1.29 is 33.3 Å². The summed E-state index contributed by atoms with van der Waals surface area (Å²) in [6, 6.07) is 10.6. The lowest BCUT2D eigenvalue weighted by Crippen LogP contribution is -2.36. The van der Waals surface area contributed by atoms with E-state index in [4.69, 9.17) is 23.7 Å². The molecule has 0 amide bonds. The van der Waals surface area contributed by atoms with Crippen LogP contribution in [0.2, 0.25) is 0 Å². The molecule has 7 heteroatoms. The fraction of sp³-hybridized carbons (Fsp3) is 0.391. The summed E-state index contributed by atoms with van der Waals surface area (Å²) in [4.78, 5) is 25.8. The summed E-state index contributed by atoms with van der Waals surface area (Å²) in [5.41, 5.74) is 0.516. The molecule has 2 aromatic rings. The molecule has 156 valence electrons. The van der Waals surface area contributed by atoms with Crippen LogP contribution in [0.4, 0.5) is 0 Å². The minimum absolute atomic E-state index is 0.139. The molecule has 0 N–H and O–H groups in total. The number of ether oxygens (including phenoxy) is 5. The van der Waals surface area contributed by atoms with E-state index < -0.39 is 5.41 Å². The zero-order valence-electron chi connectivity index (χ0n) is 16.5. The average Bonchev–Trinajstić information content (AvgIpc) is 3.46. The molecular formula is C23H22O7. The van der Waals surface area contributed by atoms with E-state index in [1.54, 1.807) is 18.2 Å². The highest BCUT2D eigenvalue weighted by Crippen LogP contribution is 2.45. The van der Waals surface area contributed by atoms with Gasteiger partial charge in [0.1, 0.15) is 13.2 Å². The Hall–Kier alpha value is -3.22. The van der Waals surface area contributed by atoms with Gasteiger partial charge in [0.2, 0.25) is 6.79 Å². The largest absolute Gasteiger partial charge is 0.486 e. The second-order valence-electron chi connectivity index (χ2n) is 7.72. The first kappa shape index (κ1) is 18.8. The summed E-state index contributed by atoms with van der Waals surface area (Å²) >= 11 is 0. The average molecular weight is 410 g/mol. The number of esters is 1. The van der Waals surface area contributed by atoms with E-state index in [2.05, 4.69) is 0 Å². The topological polar surface area (TPSA) is 80.3 Å². The van der Waals surface area contributed by atoms with Crippen LogP contribution in [0, 0.1) is 0 Å². The molecule has 30 heavy (non-hydrogen) atoms. The SMILES string of the molecule is O=C(COC(=O)C1(c2ccc3c(c2)OCCO3)CCCC1)c1ccc2c(c1)OCO2. The second-order valence-corrected chi connectivity index (χ2v) is 7.72. The number of ketones is 1. The molecule has 0 saturated heterocycles. The molecule has 2 aromatic carbocycles. The van der Waals surface area contributed by atoms with E-state index in [0.717, 1.165) is 18.4 Å². The number of carbonyl (C=O) groups is 2. The fourth-order valence-corrected chi connectivity index (χ4v) is 4.35. The summed E-state index contributed by atoms with van der Waals surface area (Å²) in [5.74, 6) is 1.81. The minimum atomic E-state index is -0.759. The van der Waals surface area contributed by atoms with Crippen LogP contribution < -0.4 is 18.9 Å². The maximum atomic E-state index is 13.2. The lowest BCUT2D eigenvalue weighted by atomic mass is 9.78. The third-order valence-corrected chi connectivity index (χ3v) is 5.97. The van der Waals surface area contributed by atoms with E-state index in [9.17, 15) is 9.59 Å². The van der Waals surface area contributed by atoms with Gasteiger partial charge in [0, 0.05) is 5.56 Å². The first-order valence-corrected chi connectivity index (χ1v) is 10.2. The highest BCUT2D eigenvalue weighted by molar-refractivity contribution is 5.99. The van der Waals surface area contributed by atoms with Crippen molar-refractivity contribution >= 4 is 11.8 Å². The molecule has 1 fully saturated rings. The summed E-state index contributed by atoms with van der Waals surface area (Å²) < 4.78 is 27.4. The molecule has 0 atom stereocenters. The van der Waals surface area contributed by atoms with Crippen LogP contribution in [0.1, 0.15) is 41.6 Å². The first-order valence-electron chi connectivity index (χ1n) is 10.2. The van der Waals surface area contributed by atoms with Crippen molar-refractivity contribution in [3.8, 4) is 23.0 Å². The van der Waals surface area contributed by atoms with Crippen LogP contribution in [-0.2, 0) is 14.9 Å². The van der Waals surface area contributed by atoms with Crippen molar-refractivity contribution in [2.45, 2.75) is 31.1 Å².